The lowest BCUT2D eigenvalue weighted by Crippen LogP contribution is -2.56. The summed E-state index contributed by atoms with van der Waals surface area (Å²) < 4.78 is 5.53. The van der Waals surface area contributed by atoms with Crippen molar-refractivity contribution in [3.8, 4) is 0 Å². The first kappa shape index (κ1) is 22.2. The number of nitrogens with two attached hydrogens (primary N) is 1. The summed E-state index contributed by atoms with van der Waals surface area (Å²) in [6.45, 7) is 9.29. The van der Waals surface area contributed by atoms with Gasteiger partial charge >= 0.3 is 6.09 Å². The molecule has 2 atom stereocenters. The second kappa shape index (κ2) is 10.5. The average Bonchev–Trinajstić information content (AvgIpc) is 2.69. The van der Waals surface area contributed by atoms with Gasteiger partial charge in [0.15, 0.2) is 0 Å². The molecule has 28 heavy (non-hydrogen) atoms. The fraction of sp³-hybridized carbons (Fsp3) is 0.636. The maximum absolute atomic E-state index is 12.8. The summed E-state index contributed by atoms with van der Waals surface area (Å²) in [5, 5.41) is 0. The molecule has 1 aromatic carbocycles. The highest BCUT2D eigenvalue weighted by Crippen LogP contribution is 2.21. The number of nitrogens with zero attached hydrogens (tertiary/aromatic N) is 2. The third-order valence-corrected chi connectivity index (χ3v) is 5.38. The lowest BCUT2D eigenvalue weighted by molar-refractivity contribution is -0.137. The van der Waals surface area contributed by atoms with E-state index < -0.39 is 6.04 Å². The predicted molar refractivity (Wildman–Crippen MR) is 111 cm³/mol. The zero-order valence-electron chi connectivity index (χ0n) is 17.6. The molecular formula is C22H35N3O3. The summed E-state index contributed by atoms with van der Waals surface area (Å²) in [5.74, 6) is 0.0770. The minimum Gasteiger partial charge on any atom is -0.445 e. The fourth-order valence-electron chi connectivity index (χ4n) is 3.48. The van der Waals surface area contributed by atoms with Crippen LogP contribution in [0.1, 0.15) is 52.5 Å². The summed E-state index contributed by atoms with van der Waals surface area (Å²) in [5.41, 5.74) is 7.07. The van der Waals surface area contributed by atoms with Crippen LogP contribution in [0.4, 0.5) is 4.79 Å². The van der Waals surface area contributed by atoms with E-state index in [0.717, 1.165) is 24.8 Å². The third kappa shape index (κ3) is 5.96. The summed E-state index contributed by atoms with van der Waals surface area (Å²) in [4.78, 5) is 29.2. The van der Waals surface area contributed by atoms with Crippen molar-refractivity contribution in [2.75, 3.05) is 13.1 Å². The molecule has 1 unspecified atom stereocenters. The normalized spacial score (nSPS) is 18.2. The van der Waals surface area contributed by atoms with Gasteiger partial charge in [0.2, 0.25) is 5.91 Å². The van der Waals surface area contributed by atoms with E-state index in [4.69, 9.17) is 10.5 Å². The summed E-state index contributed by atoms with van der Waals surface area (Å²) in [6, 6.07) is 9.11. The number of piperidine rings is 1. The van der Waals surface area contributed by atoms with Gasteiger partial charge in [0.1, 0.15) is 6.61 Å². The molecule has 2 rings (SSSR count). The Bertz CT molecular complexity index is 633. The highest BCUT2D eigenvalue weighted by atomic mass is 16.6. The van der Waals surface area contributed by atoms with E-state index >= 15 is 0 Å². The molecule has 0 bridgehead atoms. The van der Waals surface area contributed by atoms with Crippen molar-refractivity contribution < 1.29 is 14.3 Å². The zero-order chi connectivity index (χ0) is 20.7. The molecule has 2 amide bonds. The first-order chi connectivity index (χ1) is 13.3. The molecule has 2 N–H and O–H groups in total. The molecule has 1 saturated heterocycles. The average molecular weight is 390 g/mol. The number of carbonyl (C=O) groups is 2. The van der Waals surface area contributed by atoms with Crippen LogP contribution in [-0.4, -0.2) is 53.0 Å². The number of hydrogen-bond donors (Lipinski definition) is 1. The molecule has 6 nitrogen and oxygen atoms in total. The van der Waals surface area contributed by atoms with Crippen molar-refractivity contribution in [2.24, 2.45) is 11.7 Å². The predicted octanol–water partition coefficient (Wildman–Crippen LogP) is 3.40. The minimum absolute atomic E-state index is 0.0129. The molecule has 6 heteroatoms. The van der Waals surface area contributed by atoms with Gasteiger partial charge in [-0.3, -0.25) is 4.79 Å². The summed E-state index contributed by atoms with van der Waals surface area (Å²) in [6.07, 6.45) is 2.57. The second-order valence-corrected chi connectivity index (χ2v) is 8.24. The maximum atomic E-state index is 12.8. The molecule has 0 spiro atoms. The monoisotopic (exact) mass is 389 g/mol. The van der Waals surface area contributed by atoms with Gasteiger partial charge in [-0.15, -0.1) is 0 Å². The smallest absolute Gasteiger partial charge is 0.410 e. The van der Waals surface area contributed by atoms with Gasteiger partial charge < -0.3 is 20.3 Å². The molecule has 1 aliphatic heterocycles. The van der Waals surface area contributed by atoms with Gasteiger partial charge in [0.05, 0.1) is 6.04 Å². The number of carbonyl (C=O) groups excluding carboxylic acids is 2. The molecule has 1 aromatic rings. The van der Waals surface area contributed by atoms with Crippen LogP contribution in [0.5, 0.6) is 0 Å². The number of likely N-dealkylation sites (tertiary alicyclic amines) is 1. The van der Waals surface area contributed by atoms with Gasteiger partial charge in [-0.25, -0.2) is 4.79 Å². The lowest BCUT2D eigenvalue weighted by atomic mass is 9.97. The van der Waals surface area contributed by atoms with Crippen LogP contribution < -0.4 is 5.73 Å². The second-order valence-electron chi connectivity index (χ2n) is 8.24. The van der Waals surface area contributed by atoms with E-state index in [1.54, 1.807) is 4.90 Å². The summed E-state index contributed by atoms with van der Waals surface area (Å²) in [7, 11) is 0. The zero-order valence-corrected chi connectivity index (χ0v) is 17.6. The fourth-order valence-corrected chi connectivity index (χ4v) is 3.48. The Morgan fingerprint density at radius 1 is 1.18 bits per heavy atom. The first-order valence-electron chi connectivity index (χ1n) is 10.3. The minimum atomic E-state index is -0.502. The van der Waals surface area contributed by atoms with Crippen molar-refractivity contribution in [3.63, 3.8) is 0 Å². The maximum Gasteiger partial charge on any atom is 0.410 e. The number of amides is 2. The lowest BCUT2D eigenvalue weighted by Gasteiger charge is -2.41. The van der Waals surface area contributed by atoms with Crippen LogP contribution >= 0.6 is 0 Å². The van der Waals surface area contributed by atoms with Crippen molar-refractivity contribution in [2.45, 2.75) is 71.7 Å². The van der Waals surface area contributed by atoms with Gasteiger partial charge in [-0.2, -0.15) is 0 Å². The SMILES string of the molecule is CC(C)[C@H](N)C(=O)N1CCCCC1CN(C(=O)OCc1ccccc1)C(C)C. The highest BCUT2D eigenvalue weighted by molar-refractivity contribution is 5.82. The van der Waals surface area contributed by atoms with Crippen molar-refractivity contribution in [1.29, 1.82) is 0 Å². The van der Waals surface area contributed by atoms with Crippen LogP contribution in [0.15, 0.2) is 30.3 Å². The molecule has 0 aliphatic carbocycles. The molecule has 1 heterocycles. The van der Waals surface area contributed by atoms with E-state index in [1.165, 1.54) is 0 Å². The molecule has 1 aliphatic rings. The van der Waals surface area contributed by atoms with Crippen molar-refractivity contribution in [1.82, 2.24) is 9.80 Å². The Labute approximate surface area is 169 Å². The Kier molecular flexibility index (Phi) is 8.30. The Hall–Kier alpha value is -2.08. The highest BCUT2D eigenvalue weighted by Gasteiger charge is 2.34. The van der Waals surface area contributed by atoms with E-state index in [0.29, 0.717) is 13.1 Å². The van der Waals surface area contributed by atoms with Crippen molar-refractivity contribution in [3.05, 3.63) is 35.9 Å². The first-order valence-corrected chi connectivity index (χ1v) is 10.3. The van der Waals surface area contributed by atoms with Crippen LogP contribution in [0.3, 0.4) is 0 Å². The van der Waals surface area contributed by atoms with Crippen molar-refractivity contribution >= 4 is 12.0 Å². The standard InChI is InChI=1S/C22H35N3O3/c1-16(2)20(23)21(26)24-13-9-8-12-19(24)14-25(17(3)4)22(27)28-15-18-10-6-5-7-11-18/h5-7,10-11,16-17,19-20H,8-9,12-15,23H2,1-4H3/t19?,20-/m0/s1. The van der Waals surface area contributed by atoms with Gasteiger partial charge in [-0.1, -0.05) is 44.2 Å². The number of benzene rings is 1. The van der Waals surface area contributed by atoms with E-state index in [-0.39, 0.29) is 36.6 Å². The quantitative estimate of drug-likeness (QED) is 0.775. The summed E-state index contributed by atoms with van der Waals surface area (Å²) >= 11 is 0. The van der Waals surface area contributed by atoms with Gasteiger partial charge in [0.25, 0.3) is 0 Å². The molecular weight excluding hydrogens is 354 g/mol. The Morgan fingerprint density at radius 3 is 2.46 bits per heavy atom. The van der Waals surface area contributed by atoms with E-state index in [2.05, 4.69) is 0 Å². The van der Waals surface area contributed by atoms with Crippen LogP contribution in [-0.2, 0) is 16.1 Å². The third-order valence-electron chi connectivity index (χ3n) is 5.38. The Morgan fingerprint density at radius 2 is 1.86 bits per heavy atom. The molecule has 156 valence electrons. The topological polar surface area (TPSA) is 75.9 Å². The number of rotatable bonds is 7. The van der Waals surface area contributed by atoms with Crippen LogP contribution in [0.2, 0.25) is 0 Å². The van der Waals surface area contributed by atoms with E-state index in [9.17, 15) is 9.59 Å². The molecule has 0 aromatic heterocycles. The number of hydrogen-bond acceptors (Lipinski definition) is 4. The van der Waals surface area contributed by atoms with Gasteiger partial charge in [0, 0.05) is 25.2 Å². The number of ether oxygens (including phenoxy) is 1. The van der Waals surface area contributed by atoms with Gasteiger partial charge in [-0.05, 0) is 44.6 Å². The Balaban J connectivity index is 2.03. The molecule has 1 fully saturated rings. The van der Waals surface area contributed by atoms with Crippen LogP contribution in [0.25, 0.3) is 0 Å². The van der Waals surface area contributed by atoms with E-state index in [1.807, 2.05) is 62.9 Å². The molecule has 0 saturated carbocycles. The largest absolute Gasteiger partial charge is 0.445 e. The molecule has 0 radical (unpaired) electrons. The van der Waals surface area contributed by atoms with Crippen LogP contribution in [0, 0.1) is 5.92 Å².